The molecule has 1 aromatic carbocycles. The Labute approximate surface area is 342 Å². The smallest absolute Gasteiger partial charge is 0.408 e. The molecule has 4 heterocycles. The predicted octanol–water partition coefficient (Wildman–Crippen LogP) is 3.78. The molecule has 3 saturated heterocycles. The molecule has 1 aromatic heterocycles. The largest absolute Gasteiger partial charge is 0.458 e. The second-order valence-electron chi connectivity index (χ2n) is 17.0. The topological polar surface area (TPSA) is 188 Å². The number of ketones is 1. The van der Waals surface area contributed by atoms with E-state index >= 15 is 0 Å². The number of amides is 1. The van der Waals surface area contributed by atoms with Gasteiger partial charge in [-0.1, -0.05) is 69.7 Å². The Balaban J connectivity index is 1.50. The van der Waals surface area contributed by atoms with Crippen LogP contribution in [0.25, 0.3) is 11.4 Å². The normalized spacial score (nSPS) is 37.2. The lowest BCUT2D eigenvalue weighted by molar-refractivity contribution is -0.295. The monoisotopic (exact) mass is 811 g/mol. The maximum absolute atomic E-state index is 14.4. The average molecular weight is 812 g/mol. The van der Waals surface area contributed by atoms with E-state index in [1.807, 2.05) is 77.0 Å². The van der Waals surface area contributed by atoms with E-state index in [4.69, 9.17) is 23.7 Å². The Hall–Kier alpha value is -3.80. The number of aliphatic hydroxyl groups is 1. The molecule has 0 bridgehead atoms. The van der Waals surface area contributed by atoms with E-state index < -0.39 is 71.5 Å². The molecule has 5 rings (SSSR count). The first kappa shape index (κ1) is 45.3. The zero-order chi connectivity index (χ0) is 42.5. The molecule has 3 N–H and O–H groups in total. The van der Waals surface area contributed by atoms with Crippen molar-refractivity contribution in [1.29, 1.82) is 0 Å². The first-order valence-electron chi connectivity index (χ1n) is 20.6. The lowest BCUT2D eigenvalue weighted by atomic mass is 9.71. The van der Waals surface area contributed by atoms with Crippen LogP contribution in [0, 0.1) is 23.7 Å². The summed E-state index contributed by atoms with van der Waals surface area (Å²) in [4.78, 5) is 43.3. The molecular weight excluding hydrogens is 747 g/mol. The number of cyclic esters (lactones) is 1. The van der Waals surface area contributed by atoms with E-state index in [-0.39, 0.29) is 24.0 Å². The van der Waals surface area contributed by atoms with Crippen LogP contribution in [-0.4, -0.2) is 136 Å². The fourth-order valence-corrected chi connectivity index (χ4v) is 9.24. The van der Waals surface area contributed by atoms with Gasteiger partial charge in [0.1, 0.15) is 18.1 Å². The standard InChI is InChI=1S/C42H65N7O9/c1-12-32-42(8)35(44-40(53)58-42)26(4)30(18-19-43-20-21-49-37(45-46-47-49)29-16-14-13-15-17-29)24(2)23-41(7,54-11)36(27(5)33(50)28(6)38(52)56-32)57-39-34(51)31(48(9)10)22-25(3)55-39/h13-18,24-28,31-32,34-36,39,43,51H,12,19-23H2,1-11H3,(H,44,53)/b30-18+/t24-,25-,26+,27+,28-,31+,32-,34-,35+,36-,39?,41-,42-/m1/s1. The number of tetrazole rings is 1. The first-order chi connectivity index (χ1) is 27.4. The van der Waals surface area contributed by atoms with E-state index in [9.17, 15) is 19.5 Å². The summed E-state index contributed by atoms with van der Waals surface area (Å²) >= 11 is 0. The van der Waals surface area contributed by atoms with Gasteiger partial charge in [-0.3, -0.25) is 9.59 Å². The van der Waals surface area contributed by atoms with Gasteiger partial charge in [-0.2, -0.15) is 0 Å². The van der Waals surface area contributed by atoms with Crippen LogP contribution in [0.5, 0.6) is 0 Å². The number of Topliss-reactive ketones (excluding diaryl/α,β-unsaturated/α-hetero) is 1. The quantitative estimate of drug-likeness (QED) is 0.129. The number of hydrogen-bond donors (Lipinski definition) is 3. The highest BCUT2D eigenvalue weighted by Gasteiger charge is 2.56. The minimum Gasteiger partial charge on any atom is -0.458 e. The van der Waals surface area contributed by atoms with Crippen molar-refractivity contribution < 1.29 is 43.2 Å². The lowest BCUT2D eigenvalue weighted by Crippen LogP contribution is -2.59. The van der Waals surface area contributed by atoms with Crippen LogP contribution < -0.4 is 10.6 Å². The molecule has 3 fully saturated rings. The van der Waals surface area contributed by atoms with E-state index in [0.717, 1.165) is 11.1 Å². The number of aliphatic hydroxyl groups excluding tert-OH is 1. The van der Waals surface area contributed by atoms with Crippen molar-refractivity contribution in [3.8, 4) is 11.4 Å². The molecule has 1 amide bonds. The van der Waals surface area contributed by atoms with Crippen molar-refractivity contribution in [3.05, 3.63) is 42.0 Å². The number of rotatable bonds is 11. The molecule has 0 saturated carbocycles. The van der Waals surface area contributed by atoms with Crippen molar-refractivity contribution in [3.63, 3.8) is 0 Å². The van der Waals surface area contributed by atoms with Crippen LogP contribution in [0.2, 0.25) is 0 Å². The van der Waals surface area contributed by atoms with E-state index in [2.05, 4.69) is 39.2 Å². The van der Waals surface area contributed by atoms with Crippen LogP contribution in [0.3, 0.4) is 0 Å². The second kappa shape index (κ2) is 19.1. The summed E-state index contributed by atoms with van der Waals surface area (Å²) in [7, 11) is 5.37. The molecule has 0 aliphatic carbocycles. The molecule has 3 aliphatic rings. The summed E-state index contributed by atoms with van der Waals surface area (Å²) in [5.74, 6) is -3.03. The molecule has 13 atom stereocenters. The van der Waals surface area contributed by atoms with Crippen LogP contribution in [-0.2, 0) is 39.8 Å². The fourth-order valence-electron chi connectivity index (χ4n) is 9.24. The highest BCUT2D eigenvalue weighted by molar-refractivity contribution is 6.00. The number of esters is 1. The Morgan fingerprint density at radius 2 is 1.79 bits per heavy atom. The number of hydrogen-bond acceptors (Lipinski definition) is 14. The minimum absolute atomic E-state index is 0.199. The highest BCUT2D eigenvalue weighted by atomic mass is 16.7. The molecule has 3 aliphatic heterocycles. The van der Waals surface area contributed by atoms with Gasteiger partial charge in [0.25, 0.3) is 0 Å². The fraction of sp³-hybridized carbons (Fsp3) is 0.714. The predicted molar refractivity (Wildman–Crippen MR) is 215 cm³/mol. The summed E-state index contributed by atoms with van der Waals surface area (Å²) in [6.45, 7) is 16.4. The number of nitrogens with zero attached hydrogens (tertiary/aromatic N) is 5. The number of fused-ring (bicyclic) bond motifs is 1. The molecule has 16 heteroatoms. The zero-order valence-electron chi connectivity index (χ0n) is 36.0. The number of carbonyl (C=O) groups excluding carboxylic acids is 3. The SMILES string of the molecule is CC[C@H]1OC(=O)[C@H](C)C(=O)[C@H](C)[C@@H](OC2O[C@H](C)C[C@H](N(C)C)[C@H]2O)[C@](C)(OC)C[C@@H](C)/C(=C\CNCCn2nnnc2-c2ccccc2)[C@H](C)[C@@H]2NC(=O)O[C@]12C. The number of carbonyl (C=O) groups is 3. The lowest BCUT2D eigenvalue weighted by Gasteiger charge is -2.47. The summed E-state index contributed by atoms with van der Waals surface area (Å²) in [6, 6.07) is 8.91. The van der Waals surface area contributed by atoms with Gasteiger partial charge in [0.15, 0.2) is 23.5 Å². The van der Waals surface area contributed by atoms with Crippen LogP contribution in [0.4, 0.5) is 4.79 Å². The van der Waals surface area contributed by atoms with E-state index in [0.29, 0.717) is 44.7 Å². The Bertz CT molecular complexity index is 1740. The zero-order valence-corrected chi connectivity index (χ0v) is 36.0. The Morgan fingerprint density at radius 3 is 2.45 bits per heavy atom. The molecule has 58 heavy (non-hydrogen) atoms. The van der Waals surface area contributed by atoms with Gasteiger partial charge in [0.2, 0.25) is 0 Å². The number of ether oxygens (including phenoxy) is 5. The average Bonchev–Trinajstić information content (AvgIpc) is 3.80. The number of benzene rings is 1. The molecule has 1 unspecified atom stereocenters. The number of aromatic nitrogens is 4. The van der Waals surface area contributed by atoms with E-state index in [1.54, 1.807) is 25.6 Å². The molecular formula is C42H65N7O9. The number of likely N-dealkylation sites (N-methyl/N-ethyl adjacent to an activating group) is 1. The third kappa shape index (κ3) is 9.63. The molecule has 322 valence electrons. The summed E-state index contributed by atoms with van der Waals surface area (Å²) in [5, 5.41) is 30.4. The highest BCUT2D eigenvalue weighted by Crippen LogP contribution is 2.43. The van der Waals surface area contributed by atoms with Gasteiger partial charge in [-0.15, -0.1) is 5.10 Å². The number of nitrogens with one attached hydrogen (secondary N) is 2. The van der Waals surface area contributed by atoms with Gasteiger partial charge < -0.3 is 44.3 Å². The van der Waals surface area contributed by atoms with Crippen molar-refractivity contribution in [2.24, 2.45) is 23.7 Å². The number of alkyl carbamates (subject to hydrolysis) is 1. The second-order valence-corrected chi connectivity index (χ2v) is 17.0. The summed E-state index contributed by atoms with van der Waals surface area (Å²) in [6.07, 6.45) is -1.31. The first-order valence-corrected chi connectivity index (χ1v) is 20.6. The third-order valence-electron chi connectivity index (χ3n) is 12.6. The molecule has 0 radical (unpaired) electrons. The van der Waals surface area contributed by atoms with E-state index in [1.165, 1.54) is 6.92 Å². The third-order valence-corrected chi connectivity index (χ3v) is 12.6. The van der Waals surface area contributed by atoms with Crippen molar-refractivity contribution >= 4 is 17.8 Å². The maximum Gasteiger partial charge on any atom is 0.408 e. The van der Waals surface area contributed by atoms with Gasteiger partial charge in [-0.25, -0.2) is 9.48 Å². The van der Waals surface area contributed by atoms with Crippen LogP contribution in [0.1, 0.15) is 74.7 Å². The van der Waals surface area contributed by atoms with Crippen molar-refractivity contribution in [1.82, 2.24) is 35.7 Å². The van der Waals surface area contributed by atoms with Crippen molar-refractivity contribution in [2.45, 2.75) is 135 Å². The minimum atomic E-state index is -1.25. The van der Waals surface area contributed by atoms with Gasteiger partial charge >= 0.3 is 12.1 Å². The van der Waals surface area contributed by atoms with Crippen molar-refractivity contribution in [2.75, 3.05) is 34.3 Å². The molecule has 0 spiro atoms. The van der Waals surface area contributed by atoms with Crippen LogP contribution >= 0.6 is 0 Å². The van der Waals surface area contributed by atoms with Gasteiger partial charge in [-0.05, 0) is 77.4 Å². The van der Waals surface area contributed by atoms with Gasteiger partial charge in [0, 0.05) is 43.6 Å². The number of methoxy groups -OCH3 is 1. The molecule has 16 nitrogen and oxygen atoms in total. The summed E-state index contributed by atoms with van der Waals surface area (Å²) in [5.41, 5.74) is -0.471. The van der Waals surface area contributed by atoms with Gasteiger partial charge in [0.05, 0.1) is 30.4 Å². The Morgan fingerprint density at radius 1 is 1.09 bits per heavy atom. The van der Waals surface area contributed by atoms with Crippen LogP contribution in [0.15, 0.2) is 42.0 Å². The maximum atomic E-state index is 14.4. The molecule has 2 aromatic rings. The Kier molecular flexibility index (Phi) is 14.9. The summed E-state index contributed by atoms with van der Waals surface area (Å²) < 4.78 is 33.2.